The topological polar surface area (TPSA) is 122 Å². The van der Waals surface area contributed by atoms with Crippen molar-refractivity contribution in [1.82, 2.24) is 4.90 Å². The quantitative estimate of drug-likeness (QED) is 0.564. The van der Waals surface area contributed by atoms with Gasteiger partial charge in [-0.15, -0.1) is 0 Å². The van der Waals surface area contributed by atoms with Crippen LogP contribution in [0.4, 0.5) is 5.69 Å². The Labute approximate surface area is 185 Å². The molecular formula is C24H22N4O4. The van der Waals surface area contributed by atoms with Gasteiger partial charge in [-0.1, -0.05) is 24.3 Å². The first-order chi connectivity index (χ1) is 15.4. The number of carbonyl (C=O) groups is 1. The molecule has 162 valence electrons. The zero-order valence-corrected chi connectivity index (χ0v) is 17.6. The number of non-ortho nitro benzene ring substituents is 1. The van der Waals surface area contributed by atoms with E-state index < -0.39 is 10.8 Å². The number of Topliss-reactive ketones (excluding diaryl/α,β-unsaturated/α-hetero) is 1. The monoisotopic (exact) mass is 430 g/mol. The van der Waals surface area contributed by atoms with Gasteiger partial charge in [0.05, 0.1) is 22.5 Å². The summed E-state index contributed by atoms with van der Waals surface area (Å²) in [6.45, 7) is 0.180. The van der Waals surface area contributed by atoms with E-state index in [0.29, 0.717) is 34.7 Å². The molecule has 32 heavy (non-hydrogen) atoms. The van der Waals surface area contributed by atoms with Crippen molar-refractivity contribution in [3.8, 4) is 11.8 Å². The number of hydrogen-bond donors (Lipinski definition) is 1. The molecule has 1 heterocycles. The second kappa shape index (κ2) is 8.55. The molecule has 4 rings (SSSR count). The Kier molecular flexibility index (Phi) is 5.65. The largest absolute Gasteiger partial charge is 0.489 e. The fourth-order valence-electron chi connectivity index (χ4n) is 4.28. The van der Waals surface area contributed by atoms with E-state index in [1.807, 2.05) is 12.1 Å². The van der Waals surface area contributed by atoms with Crippen LogP contribution in [0.1, 0.15) is 36.3 Å². The lowest BCUT2D eigenvalue weighted by Gasteiger charge is -2.37. The van der Waals surface area contributed by atoms with Gasteiger partial charge in [-0.2, -0.15) is 5.26 Å². The van der Waals surface area contributed by atoms with Crippen molar-refractivity contribution >= 4 is 11.5 Å². The molecule has 0 saturated carbocycles. The standard InChI is InChI=1S/C24H22N4O4/c1-27-20-6-3-7-21(29)23(20)22(19(13-25)24(27)26)16-8-10-18(11-9-16)32-14-15-4-2-5-17(12-15)28(30)31/h2,4-5,8-12,22H,3,6-7,14,26H2,1H3/t22-/m1/s1. The Morgan fingerprint density at radius 3 is 2.69 bits per heavy atom. The van der Waals surface area contributed by atoms with E-state index in [4.69, 9.17) is 10.5 Å². The molecule has 0 spiro atoms. The molecule has 0 saturated heterocycles. The molecule has 1 aliphatic carbocycles. The first kappa shape index (κ1) is 21.1. The summed E-state index contributed by atoms with van der Waals surface area (Å²) in [7, 11) is 1.79. The molecule has 0 amide bonds. The number of nitro benzene ring substituents is 1. The highest BCUT2D eigenvalue weighted by molar-refractivity contribution is 5.99. The smallest absolute Gasteiger partial charge is 0.269 e. The molecule has 0 fully saturated rings. The minimum atomic E-state index is -0.496. The van der Waals surface area contributed by atoms with Gasteiger partial charge in [-0.3, -0.25) is 14.9 Å². The SMILES string of the molecule is CN1C(N)=C(C#N)[C@@H](c2ccc(OCc3cccc([N+](=O)[O-])c3)cc2)C2=C1CCCC2=O. The van der Waals surface area contributed by atoms with Crippen LogP contribution < -0.4 is 10.5 Å². The molecule has 2 N–H and O–H groups in total. The number of nitrogens with two attached hydrogens (primary N) is 1. The highest BCUT2D eigenvalue weighted by atomic mass is 16.6. The number of nitrogens with zero attached hydrogens (tertiary/aromatic N) is 3. The highest BCUT2D eigenvalue weighted by Crippen LogP contribution is 2.44. The fraction of sp³-hybridized carbons (Fsp3) is 0.250. The lowest BCUT2D eigenvalue weighted by atomic mass is 9.76. The van der Waals surface area contributed by atoms with Crippen molar-refractivity contribution in [3.63, 3.8) is 0 Å². The normalized spacial score (nSPS) is 18.3. The summed E-state index contributed by atoms with van der Waals surface area (Å²) in [5, 5.41) is 20.7. The number of rotatable bonds is 5. The molecule has 2 aromatic carbocycles. The van der Waals surface area contributed by atoms with Crippen LogP contribution in [0, 0.1) is 21.4 Å². The summed E-state index contributed by atoms with van der Waals surface area (Å²) >= 11 is 0. The maximum absolute atomic E-state index is 12.8. The van der Waals surface area contributed by atoms with Gasteiger partial charge in [0.15, 0.2) is 5.78 Å². The van der Waals surface area contributed by atoms with E-state index in [1.165, 1.54) is 12.1 Å². The first-order valence-electron chi connectivity index (χ1n) is 10.3. The Bertz CT molecular complexity index is 1190. The van der Waals surface area contributed by atoms with E-state index in [1.54, 1.807) is 36.2 Å². The predicted octanol–water partition coefficient (Wildman–Crippen LogP) is 3.90. The predicted molar refractivity (Wildman–Crippen MR) is 117 cm³/mol. The Balaban J connectivity index is 1.59. The molecule has 0 radical (unpaired) electrons. The molecule has 0 bridgehead atoms. The van der Waals surface area contributed by atoms with E-state index in [0.717, 1.165) is 24.1 Å². The minimum Gasteiger partial charge on any atom is -0.489 e. The molecule has 1 aliphatic heterocycles. The highest BCUT2D eigenvalue weighted by Gasteiger charge is 2.38. The zero-order chi connectivity index (χ0) is 22.8. The molecule has 0 aromatic heterocycles. The van der Waals surface area contributed by atoms with Crippen LogP contribution in [0.15, 0.2) is 71.2 Å². The van der Waals surface area contributed by atoms with Crippen LogP contribution in [0.25, 0.3) is 0 Å². The van der Waals surface area contributed by atoms with Gasteiger partial charge in [0.25, 0.3) is 5.69 Å². The van der Waals surface area contributed by atoms with E-state index in [2.05, 4.69) is 6.07 Å². The number of allylic oxidation sites excluding steroid dienone is 3. The van der Waals surface area contributed by atoms with Crippen molar-refractivity contribution in [2.45, 2.75) is 31.8 Å². The van der Waals surface area contributed by atoms with E-state index in [-0.39, 0.29) is 18.1 Å². The molecule has 8 heteroatoms. The van der Waals surface area contributed by atoms with Crippen LogP contribution >= 0.6 is 0 Å². The average Bonchev–Trinajstić information content (AvgIpc) is 2.80. The van der Waals surface area contributed by atoms with Gasteiger partial charge in [-0.25, -0.2) is 0 Å². The van der Waals surface area contributed by atoms with Crippen LogP contribution in [0.5, 0.6) is 5.75 Å². The van der Waals surface area contributed by atoms with Crippen LogP contribution in [-0.4, -0.2) is 22.7 Å². The van der Waals surface area contributed by atoms with Gasteiger partial charge in [0.1, 0.15) is 18.2 Å². The lowest BCUT2D eigenvalue weighted by Crippen LogP contribution is -2.36. The summed E-state index contributed by atoms with van der Waals surface area (Å²) in [5.74, 6) is 0.504. The third kappa shape index (κ3) is 3.81. The van der Waals surface area contributed by atoms with Gasteiger partial charge >= 0.3 is 0 Å². The zero-order valence-electron chi connectivity index (χ0n) is 17.6. The van der Waals surface area contributed by atoms with Crippen molar-refractivity contribution in [1.29, 1.82) is 5.26 Å². The fourth-order valence-corrected chi connectivity index (χ4v) is 4.28. The summed E-state index contributed by atoms with van der Waals surface area (Å²) in [5.41, 5.74) is 9.64. The Morgan fingerprint density at radius 2 is 2.00 bits per heavy atom. The summed E-state index contributed by atoms with van der Waals surface area (Å²) in [4.78, 5) is 25.0. The first-order valence-corrected chi connectivity index (χ1v) is 10.3. The summed E-state index contributed by atoms with van der Waals surface area (Å²) in [6.07, 6.45) is 1.98. The number of ether oxygens (including phenoxy) is 1. The van der Waals surface area contributed by atoms with Crippen molar-refractivity contribution < 1.29 is 14.5 Å². The van der Waals surface area contributed by atoms with Gasteiger partial charge in [0.2, 0.25) is 0 Å². The van der Waals surface area contributed by atoms with Crippen molar-refractivity contribution in [3.05, 3.63) is 92.4 Å². The van der Waals surface area contributed by atoms with Gasteiger partial charge in [0, 0.05) is 36.9 Å². The van der Waals surface area contributed by atoms with Crippen molar-refractivity contribution in [2.75, 3.05) is 7.05 Å². The minimum absolute atomic E-state index is 0.0124. The molecular weight excluding hydrogens is 408 g/mol. The Hall–Kier alpha value is -4.12. The van der Waals surface area contributed by atoms with E-state index >= 15 is 0 Å². The third-order valence-corrected chi connectivity index (χ3v) is 5.91. The number of ketones is 1. The third-order valence-electron chi connectivity index (χ3n) is 5.91. The number of nitro groups is 1. The maximum atomic E-state index is 12.8. The molecule has 1 atom stereocenters. The van der Waals surface area contributed by atoms with Crippen LogP contribution in [0.3, 0.4) is 0 Å². The van der Waals surface area contributed by atoms with Crippen molar-refractivity contribution in [2.24, 2.45) is 5.73 Å². The molecule has 2 aliphatic rings. The number of nitriles is 1. The molecule has 8 nitrogen and oxygen atoms in total. The number of benzene rings is 2. The van der Waals surface area contributed by atoms with Crippen LogP contribution in [0.2, 0.25) is 0 Å². The maximum Gasteiger partial charge on any atom is 0.269 e. The van der Waals surface area contributed by atoms with Gasteiger partial charge < -0.3 is 15.4 Å². The molecule has 0 unspecified atom stereocenters. The van der Waals surface area contributed by atoms with Crippen LogP contribution in [-0.2, 0) is 11.4 Å². The Morgan fingerprint density at radius 1 is 1.25 bits per heavy atom. The average molecular weight is 430 g/mol. The number of hydrogen-bond acceptors (Lipinski definition) is 7. The van der Waals surface area contributed by atoms with E-state index in [9.17, 15) is 20.2 Å². The lowest BCUT2D eigenvalue weighted by molar-refractivity contribution is -0.384. The summed E-state index contributed by atoms with van der Waals surface area (Å²) in [6, 6.07) is 15.7. The van der Waals surface area contributed by atoms with Gasteiger partial charge in [-0.05, 0) is 36.1 Å². The second-order valence-corrected chi connectivity index (χ2v) is 7.82. The molecule has 2 aromatic rings. The second-order valence-electron chi connectivity index (χ2n) is 7.82. The summed E-state index contributed by atoms with van der Waals surface area (Å²) < 4.78 is 5.78. The number of carbonyl (C=O) groups excluding carboxylic acids is 1.